The maximum absolute atomic E-state index is 13.3. The summed E-state index contributed by atoms with van der Waals surface area (Å²) in [7, 11) is -3.78. The third-order valence-electron chi connectivity index (χ3n) is 4.08. The van der Waals surface area contributed by atoms with Crippen LogP contribution in [0.5, 0.6) is 0 Å². The average molecular weight is 381 g/mol. The molecule has 1 aromatic carbocycles. The molecule has 0 aliphatic carbocycles. The normalized spacial score (nSPS) is 17.9. The van der Waals surface area contributed by atoms with E-state index in [9.17, 15) is 17.6 Å². The second-order valence-corrected chi connectivity index (χ2v) is 7.94. The van der Waals surface area contributed by atoms with Gasteiger partial charge >= 0.3 is 0 Å². The fourth-order valence-electron chi connectivity index (χ4n) is 2.79. The Bertz CT molecular complexity index is 855. The zero-order valence-corrected chi connectivity index (χ0v) is 14.9. The van der Waals surface area contributed by atoms with E-state index in [1.54, 1.807) is 24.3 Å². The molecule has 0 unspecified atom stereocenters. The molecule has 1 amide bonds. The minimum absolute atomic E-state index is 0.0740. The third-order valence-corrected chi connectivity index (χ3v) is 6.00. The Morgan fingerprint density at radius 2 is 2.00 bits per heavy atom. The molecular weight excluding hydrogens is 361 g/mol. The summed E-state index contributed by atoms with van der Waals surface area (Å²) in [6.45, 7) is 0.625. The minimum atomic E-state index is -3.78. The van der Waals surface area contributed by atoms with E-state index in [2.05, 4.69) is 5.32 Å². The van der Waals surface area contributed by atoms with E-state index in [1.165, 1.54) is 22.7 Å². The maximum atomic E-state index is 13.3. The topological polar surface area (TPSA) is 82.9 Å². The average Bonchev–Trinajstić information content (AvgIpc) is 3.10. The van der Waals surface area contributed by atoms with Gasteiger partial charge in [-0.05, 0) is 36.2 Å². The summed E-state index contributed by atoms with van der Waals surface area (Å²) in [5.74, 6) is -0.226. The molecule has 1 fully saturated rings. The molecule has 0 atom stereocenters. The van der Waals surface area contributed by atoms with Crippen LogP contribution in [0.25, 0.3) is 0 Å². The number of halogens is 1. The van der Waals surface area contributed by atoms with Crippen molar-refractivity contribution in [2.75, 3.05) is 19.6 Å². The van der Waals surface area contributed by atoms with Gasteiger partial charge < -0.3 is 9.73 Å². The Morgan fingerprint density at radius 3 is 2.73 bits per heavy atom. The summed E-state index contributed by atoms with van der Waals surface area (Å²) in [5.41, 5.74) is 0.567. The second kappa shape index (κ2) is 7.98. The first kappa shape index (κ1) is 18.6. The van der Waals surface area contributed by atoms with Crippen LogP contribution in [0.2, 0.25) is 0 Å². The molecule has 1 N–H and O–H groups in total. The highest BCUT2D eigenvalue weighted by Gasteiger charge is 2.34. The molecule has 26 heavy (non-hydrogen) atoms. The molecule has 1 aliphatic heterocycles. The SMILES string of the molecule is O=C(CN1CCCN(Cc2cccc(F)c2)S1(=O)=O)NCc1ccco1. The van der Waals surface area contributed by atoms with Gasteiger partial charge in [-0.25, -0.2) is 4.39 Å². The van der Waals surface area contributed by atoms with E-state index in [0.717, 1.165) is 4.31 Å². The van der Waals surface area contributed by atoms with Crippen molar-refractivity contribution in [2.24, 2.45) is 0 Å². The zero-order chi connectivity index (χ0) is 18.6. The van der Waals surface area contributed by atoms with Crippen LogP contribution < -0.4 is 5.32 Å². The van der Waals surface area contributed by atoms with Crippen molar-refractivity contribution in [3.8, 4) is 0 Å². The molecule has 7 nitrogen and oxygen atoms in total. The molecule has 2 aromatic rings. The molecule has 1 saturated heterocycles. The first-order valence-corrected chi connectivity index (χ1v) is 9.63. The van der Waals surface area contributed by atoms with Gasteiger partial charge in [0.1, 0.15) is 11.6 Å². The Balaban J connectivity index is 1.61. The molecule has 3 rings (SSSR count). The van der Waals surface area contributed by atoms with Gasteiger partial charge in [0.25, 0.3) is 10.2 Å². The number of hydrogen-bond acceptors (Lipinski definition) is 4. The first-order chi connectivity index (χ1) is 12.4. The van der Waals surface area contributed by atoms with E-state index in [-0.39, 0.29) is 26.2 Å². The monoisotopic (exact) mass is 381 g/mol. The molecule has 0 radical (unpaired) electrons. The number of nitrogens with zero attached hydrogens (tertiary/aromatic N) is 2. The lowest BCUT2D eigenvalue weighted by Gasteiger charge is -2.34. The standard InChI is InChI=1S/C17H20FN3O4S/c18-15-5-1-4-14(10-15)12-20-7-3-8-21(26(20,23)24)13-17(22)19-11-16-6-2-9-25-16/h1-2,4-6,9-10H,3,7-8,11-13H2,(H,19,22). The van der Waals surface area contributed by atoms with Crippen molar-refractivity contribution in [1.82, 2.24) is 13.9 Å². The minimum Gasteiger partial charge on any atom is -0.467 e. The summed E-state index contributed by atoms with van der Waals surface area (Å²) >= 11 is 0. The van der Waals surface area contributed by atoms with Crippen molar-refractivity contribution in [3.63, 3.8) is 0 Å². The van der Waals surface area contributed by atoms with Crippen LogP contribution in [0.4, 0.5) is 4.39 Å². The number of nitrogens with one attached hydrogen (secondary N) is 1. The molecule has 140 valence electrons. The van der Waals surface area contributed by atoms with E-state index in [1.807, 2.05) is 0 Å². The number of carbonyl (C=O) groups excluding carboxylic acids is 1. The van der Waals surface area contributed by atoms with E-state index < -0.39 is 21.9 Å². The van der Waals surface area contributed by atoms with Gasteiger partial charge in [0.15, 0.2) is 0 Å². The van der Waals surface area contributed by atoms with Gasteiger partial charge in [-0.3, -0.25) is 4.79 Å². The lowest BCUT2D eigenvalue weighted by atomic mass is 10.2. The second-order valence-electron chi connectivity index (χ2n) is 6.01. The highest BCUT2D eigenvalue weighted by Crippen LogP contribution is 2.19. The number of hydrogen-bond donors (Lipinski definition) is 1. The van der Waals surface area contributed by atoms with Crippen molar-refractivity contribution in [2.45, 2.75) is 19.5 Å². The predicted molar refractivity (Wildman–Crippen MR) is 92.5 cm³/mol. The number of furan rings is 1. The van der Waals surface area contributed by atoms with Gasteiger partial charge in [0.2, 0.25) is 5.91 Å². The lowest BCUT2D eigenvalue weighted by Crippen LogP contribution is -2.52. The van der Waals surface area contributed by atoms with Gasteiger partial charge in [0.05, 0.1) is 19.4 Å². The van der Waals surface area contributed by atoms with Gasteiger partial charge in [0, 0.05) is 19.6 Å². The predicted octanol–water partition coefficient (Wildman–Crippen LogP) is 1.49. The summed E-state index contributed by atoms with van der Waals surface area (Å²) in [6.07, 6.45) is 2.10. The fraction of sp³-hybridized carbons (Fsp3) is 0.353. The summed E-state index contributed by atoms with van der Waals surface area (Å²) in [4.78, 5) is 12.1. The summed E-state index contributed by atoms with van der Waals surface area (Å²) < 4.78 is 46.3. The summed E-state index contributed by atoms with van der Waals surface area (Å²) in [5, 5.41) is 2.64. The van der Waals surface area contributed by atoms with Crippen molar-refractivity contribution in [1.29, 1.82) is 0 Å². The van der Waals surface area contributed by atoms with Gasteiger partial charge in [-0.15, -0.1) is 0 Å². The Morgan fingerprint density at radius 1 is 1.19 bits per heavy atom. The number of carbonyl (C=O) groups is 1. The van der Waals surface area contributed by atoms with E-state index in [4.69, 9.17) is 4.42 Å². The Labute approximate surface area is 151 Å². The lowest BCUT2D eigenvalue weighted by molar-refractivity contribution is -0.121. The quantitative estimate of drug-likeness (QED) is 0.822. The van der Waals surface area contributed by atoms with Crippen LogP contribution in [0.1, 0.15) is 17.7 Å². The largest absolute Gasteiger partial charge is 0.467 e. The molecule has 2 heterocycles. The van der Waals surface area contributed by atoms with Crippen molar-refractivity contribution >= 4 is 16.1 Å². The molecule has 9 heteroatoms. The summed E-state index contributed by atoms with van der Waals surface area (Å²) in [6, 6.07) is 9.27. The molecule has 1 aromatic heterocycles. The maximum Gasteiger partial charge on any atom is 0.282 e. The first-order valence-electron chi connectivity index (χ1n) is 8.24. The Hall–Kier alpha value is -2.23. The van der Waals surface area contributed by atoms with Gasteiger partial charge in [-0.2, -0.15) is 17.0 Å². The number of amides is 1. The van der Waals surface area contributed by atoms with Crippen LogP contribution >= 0.6 is 0 Å². The van der Waals surface area contributed by atoms with Crippen LogP contribution in [-0.4, -0.2) is 42.6 Å². The van der Waals surface area contributed by atoms with Crippen LogP contribution in [0, 0.1) is 5.82 Å². The van der Waals surface area contributed by atoms with Crippen molar-refractivity contribution < 1.29 is 22.0 Å². The third kappa shape index (κ3) is 4.48. The Kier molecular flexibility index (Phi) is 5.70. The van der Waals surface area contributed by atoms with E-state index >= 15 is 0 Å². The molecule has 0 spiro atoms. The highest BCUT2D eigenvalue weighted by molar-refractivity contribution is 7.86. The van der Waals surface area contributed by atoms with Crippen LogP contribution in [-0.2, 0) is 28.1 Å². The van der Waals surface area contributed by atoms with Gasteiger partial charge in [-0.1, -0.05) is 12.1 Å². The number of benzene rings is 1. The zero-order valence-electron chi connectivity index (χ0n) is 14.1. The van der Waals surface area contributed by atoms with Crippen molar-refractivity contribution in [3.05, 3.63) is 59.8 Å². The molecule has 0 bridgehead atoms. The highest BCUT2D eigenvalue weighted by atomic mass is 32.2. The van der Waals surface area contributed by atoms with Crippen LogP contribution in [0.15, 0.2) is 47.1 Å². The van der Waals surface area contributed by atoms with Crippen LogP contribution in [0.3, 0.4) is 0 Å². The molecule has 1 aliphatic rings. The fourth-order valence-corrected chi connectivity index (χ4v) is 4.43. The molecule has 0 saturated carbocycles. The smallest absolute Gasteiger partial charge is 0.282 e. The number of rotatable bonds is 6. The van der Waals surface area contributed by atoms with E-state index in [0.29, 0.717) is 24.3 Å². The molecular formula is C17H20FN3O4S.